The van der Waals surface area contributed by atoms with Crippen molar-refractivity contribution in [1.29, 1.82) is 0 Å². The second-order valence-corrected chi connectivity index (χ2v) is 5.90. The lowest BCUT2D eigenvalue weighted by atomic mass is 10.1. The highest BCUT2D eigenvalue weighted by molar-refractivity contribution is 5.79. The molecule has 0 unspecified atom stereocenters. The number of benzene rings is 1. The van der Waals surface area contributed by atoms with E-state index >= 15 is 0 Å². The molecule has 1 aromatic carbocycles. The highest BCUT2D eigenvalue weighted by atomic mass is 16.5. The summed E-state index contributed by atoms with van der Waals surface area (Å²) in [6.45, 7) is 6.27. The van der Waals surface area contributed by atoms with Crippen LogP contribution >= 0.6 is 0 Å². The van der Waals surface area contributed by atoms with Gasteiger partial charge in [-0.15, -0.1) is 0 Å². The molecule has 0 spiro atoms. The zero-order valence-electron chi connectivity index (χ0n) is 16.0. The van der Waals surface area contributed by atoms with E-state index in [2.05, 4.69) is 46.6 Å². The number of hydrogen-bond acceptors (Lipinski definition) is 4. The molecule has 26 heavy (non-hydrogen) atoms. The quantitative estimate of drug-likeness (QED) is 0.562. The molecule has 2 rings (SSSR count). The Hall–Kier alpha value is -2.76. The molecule has 0 bridgehead atoms. The molecular formula is C20H28N4O2. The summed E-state index contributed by atoms with van der Waals surface area (Å²) < 4.78 is 10.5. The van der Waals surface area contributed by atoms with Crippen LogP contribution in [0, 0.1) is 6.92 Å². The van der Waals surface area contributed by atoms with Crippen molar-refractivity contribution in [3.8, 4) is 11.6 Å². The SMILES string of the molecule is CCNC(=NCc1ccc(OC)nc1)NCCc1cc(C)ccc1OC. The molecule has 0 fully saturated rings. The largest absolute Gasteiger partial charge is 0.496 e. The van der Waals surface area contributed by atoms with Crippen LogP contribution in [-0.4, -0.2) is 38.3 Å². The first kappa shape index (κ1) is 19.6. The molecule has 0 saturated carbocycles. The molecule has 2 aromatic rings. The number of aromatic nitrogens is 1. The van der Waals surface area contributed by atoms with E-state index in [4.69, 9.17) is 9.47 Å². The van der Waals surface area contributed by atoms with E-state index in [1.165, 1.54) is 11.1 Å². The van der Waals surface area contributed by atoms with Gasteiger partial charge in [0.25, 0.3) is 0 Å². The fraction of sp³-hybridized carbons (Fsp3) is 0.400. The Bertz CT molecular complexity index is 714. The van der Waals surface area contributed by atoms with E-state index in [0.717, 1.165) is 36.8 Å². The van der Waals surface area contributed by atoms with Crippen LogP contribution in [0.15, 0.2) is 41.5 Å². The number of rotatable bonds is 8. The molecule has 0 aliphatic carbocycles. The van der Waals surface area contributed by atoms with Crippen LogP contribution in [0.1, 0.15) is 23.6 Å². The number of aliphatic imine (C=N–C) groups is 1. The molecule has 0 aliphatic rings. The third-order valence-electron chi connectivity index (χ3n) is 3.89. The molecule has 2 N–H and O–H groups in total. The molecule has 0 radical (unpaired) electrons. The summed E-state index contributed by atoms with van der Waals surface area (Å²) in [5.74, 6) is 2.31. The fourth-order valence-corrected chi connectivity index (χ4v) is 2.56. The first-order valence-corrected chi connectivity index (χ1v) is 8.81. The number of guanidine groups is 1. The van der Waals surface area contributed by atoms with Gasteiger partial charge in [-0.1, -0.05) is 23.8 Å². The van der Waals surface area contributed by atoms with Crippen molar-refractivity contribution in [2.75, 3.05) is 27.3 Å². The Morgan fingerprint density at radius 2 is 1.96 bits per heavy atom. The fourth-order valence-electron chi connectivity index (χ4n) is 2.56. The Balaban J connectivity index is 1.93. The third-order valence-corrected chi connectivity index (χ3v) is 3.89. The van der Waals surface area contributed by atoms with E-state index in [9.17, 15) is 0 Å². The molecule has 140 valence electrons. The van der Waals surface area contributed by atoms with Crippen LogP contribution in [0.2, 0.25) is 0 Å². The highest BCUT2D eigenvalue weighted by Crippen LogP contribution is 2.19. The van der Waals surface area contributed by atoms with Gasteiger partial charge in [-0.05, 0) is 37.5 Å². The average Bonchev–Trinajstić information content (AvgIpc) is 2.66. The van der Waals surface area contributed by atoms with Crippen LogP contribution in [0.4, 0.5) is 0 Å². The molecule has 0 saturated heterocycles. The van der Waals surface area contributed by atoms with E-state index in [-0.39, 0.29) is 0 Å². The first-order valence-electron chi connectivity index (χ1n) is 8.81. The monoisotopic (exact) mass is 356 g/mol. The Kier molecular flexibility index (Phi) is 7.74. The molecule has 0 aliphatic heterocycles. The van der Waals surface area contributed by atoms with E-state index in [0.29, 0.717) is 12.4 Å². The lowest BCUT2D eigenvalue weighted by Crippen LogP contribution is -2.38. The van der Waals surface area contributed by atoms with Gasteiger partial charge in [-0.25, -0.2) is 9.98 Å². The number of methoxy groups -OCH3 is 2. The maximum Gasteiger partial charge on any atom is 0.212 e. The van der Waals surface area contributed by atoms with Crippen LogP contribution in [0.25, 0.3) is 0 Å². The molecule has 1 aromatic heterocycles. The Labute approximate surface area is 155 Å². The van der Waals surface area contributed by atoms with Crippen LogP contribution < -0.4 is 20.1 Å². The van der Waals surface area contributed by atoms with Crippen LogP contribution in [0.5, 0.6) is 11.6 Å². The van der Waals surface area contributed by atoms with Crippen molar-refractivity contribution in [2.45, 2.75) is 26.8 Å². The van der Waals surface area contributed by atoms with Gasteiger partial charge in [0.1, 0.15) is 5.75 Å². The van der Waals surface area contributed by atoms with Crippen molar-refractivity contribution in [3.05, 3.63) is 53.2 Å². The maximum atomic E-state index is 5.44. The van der Waals surface area contributed by atoms with Gasteiger partial charge in [0.05, 0.1) is 20.8 Å². The molecule has 0 amide bonds. The lowest BCUT2D eigenvalue weighted by molar-refractivity contribution is 0.397. The van der Waals surface area contributed by atoms with E-state index in [1.54, 1.807) is 20.4 Å². The molecule has 6 nitrogen and oxygen atoms in total. The number of nitrogens with zero attached hydrogens (tertiary/aromatic N) is 2. The van der Waals surface area contributed by atoms with Gasteiger partial charge < -0.3 is 20.1 Å². The molecule has 0 atom stereocenters. The minimum absolute atomic E-state index is 0.556. The molecule has 6 heteroatoms. The Morgan fingerprint density at radius 3 is 2.62 bits per heavy atom. The average molecular weight is 356 g/mol. The zero-order valence-corrected chi connectivity index (χ0v) is 16.0. The second-order valence-electron chi connectivity index (χ2n) is 5.90. The normalized spacial score (nSPS) is 11.2. The standard InChI is InChI=1S/C20H28N4O2/c1-5-21-20(24-14-16-7-9-19(26-4)23-13-16)22-11-10-17-12-15(2)6-8-18(17)25-3/h6-9,12-13H,5,10-11,14H2,1-4H3,(H2,21,22,24). The topological polar surface area (TPSA) is 67.8 Å². The van der Waals surface area contributed by atoms with Crippen molar-refractivity contribution in [2.24, 2.45) is 4.99 Å². The lowest BCUT2D eigenvalue weighted by Gasteiger charge is -2.13. The number of aryl methyl sites for hydroxylation is 1. The van der Waals surface area contributed by atoms with Gasteiger partial charge >= 0.3 is 0 Å². The summed E-state index contributed by atoms with van der Waals surface area (Å²) in [4.78, 5) is 8.82. The minimum atomic E-state index is 0.556. The van der Waals surface area contributed by atoms with Crippen LogP contribution in [-0.2, 0) is 13.0 Å². The predicted molar refractivity (Wildman–Crippen MR) is 105 cm³/mol. The van der Waals surface area contributed by atoms with Gasteiger partial charge in [-0.2, -0.15) is 0 Å². The summed E-state index contributed by atoms with van der Waals surface area (Å²) >= 11 is 0. The molecular weight excluding hydrogens is 328 g/mol. The van der Waals surface area contributed by atoms with E-state index in [1.807, 2.05) is 18.2 Å². The number of hydrogen-bond donors (Lipinski definition) is 2. The summed E-state index contributed by atoms with van der Waals surface area (Å²) in [6.07, 6.45) is 2.64. The summed E-state index contributed by atoms with van der Waals surface area (Å²) in [6, 6.07) is 10.0. The summed E-state index contributed by atoms with van der Waals surface area (Å²) in [7, 11) is 3.31. The van der Waals surface area contributed by atoms with E-state index < -0.39 is 0 Å². The van der Waals surface area contributed by atoms with Gasteiger partial charge in [0, 0.05) is 25.4 Å². The highest BCUT2D eigenvalue weighted by Gasteiger charge is 2.04. The second kappa shape index (κ2) is 10.3. The number of ether oxygens (including phenoxy) is 2. The summed E-state index contributed by atoms with van der Waals surface area (Å²) in [5, 5.41) is 6.64. The minimum Gasteiger partial charge on any atom is -0.496 e. The summed E-state index contributed by atoms with van der Waals surface area (Å²) in [5.41, 5.74) is 3.45. The van der Waals surface area contributed by atoms with Crippen molar-refractivity contribution < 1.29 is 9.47 Å². The zero-order chi connectivity index (χ0) is 18.8. The van der Waals surface area contributed by atoms with Crippen molar-refractivity contribution in [3.63, 3.8) is 0 Å². The first-order chi connectivity index (χ1) is 12.7. The Morgan fingerprint density at radius 1 is 1.12 bits per heavy atom. The van der Waals surface area contributed by atoms with Gasteiger partial charge in [0.15, 0.2) is 5.96 Å². The van der Waals surface area contributed by atoms with Crippen LogP contribution in [0.3, 0.4) is 0 Å². The molecule has 1 heterocycles. The van der Waals surface area contributed by atoms with Gasteiger partial charge in [0.2, 0.25) is 5.88 Å². The van der Waals surface area contributed by atoms with Gasteiger partial charge in [-0.3, -0.25) is 0 Å². The third kappa shape index (κ3) is 5.95. The van der Waals surface area contributed by atoms with Crippen molar-refractivity contribution in [1.82, 2.24) is 15.6 Å². The predicted octanol–water partition coefficient (Wildman–Crippen LogP) is 2.71. The number of pyridine rings is 1. The maximum absolute atomic E-state index is 5.44. The van der Waals surface area contributed by atoms with Crippen molar-refractivity contribution >= 4 is 5.96 Å². The number of nitrogens with one attached hydrogen (secondary N) is 2. The smallest absolute Gasteiger partial charge is 0.212 e.